The van der Waals surface area contributed by atoms with E-state index in [1.54, 1.807) is 7.05 Å². The fourth-order valence-electron chi connectivity index (χ4n) is 2.83. The number of para-hydroxylation sites is 1. The van der Waals surface area contributed by atoms with Crippen LogP contribution in [0, 0.1) is 0 Å². The molecule has 0 saturated carbocycles. The molecule has 4 rings (SSSR count). The molecular weight excluding hydrogens is 370 g/mol. The lowest BCUT2D eigenvalue weighted by molar-refractivity contribution is -0.145. The van der Waals surface area contributed by atoms with Crippen LogP contribution in [0.5, 0.6) is 0 Å². The predicted molar refractivity (Wildman–Crippen MR) is 99.6 cm³/mol. The number of imidazole rings is 1. The Bertz CT molecular complexity index is 1260. The van der Waals surface area contributed by atoms with Gasteiger partial charge < -0.3 is 9.30 Å². The van der Waals surface area contributed by atoms with Crippen LogP contribution in [-0.4, -0.2) is 29.6 Å². The number of thiazole rings is 1. The molecular formula is C17H15N5O4S. The van der Waals surface area contributed by atoms with Crippen LogP contribution in [0.2, 0.25) is 0 Å². The minimum Gasteiger partial charge on any atom is -0.457 e. The van der Waals surface area contributed by atoms with Crippen molar-refractivity contribution in [1.82, 2.24) is 23.7 Å². The Morgan fingerprint density at radius 3 is 2.78 bits per heavy atom. The second kappa shape index (κ2) is 6.47. The Morgan fingerprint density at radius 1 is 1.22 bits per heavy atom. The quantitative estimate of drug-likeness (QED) is 0.482. The van der Waals surface area contributed by atoms with E-state index in [1.807, 2.05) is 24.3 Å². The molecule has 0 spiro atoms. The summed E-state index contributed by atoms with van der Waals surface area (Å²) in [6.07, 6.45) is 1.45. The highest BCUT2D eigenvalue weighted by Gasteiger charge is 2.18. The molecule has 0 radical (unpaired) electrons. The SMILES string of the molecule is Cn1cnc2c1c(=O)n(CC(=O)OCc1nc3ccccc3s1)c(=O)n2C. The summed E-state index contributed by atoms with van der Waals surface area (Å²) in [7, 11) is 3.15. The van der Waals surface area contributed by atoms with E-state index >= 15 is 0 Å². The summed E-state index contributed by atoms with van der Waals surface area (Å²) in [6, 6.07) is 7.61. The van der Waals surface area contributed by atoms with Gasteiger partial charge in [-0.3, -0.25) is 14.2 Å². The van der Waals surface area contributed by atoms with Crippen molar-refractivity contribution in [1.29, 1.82) is 0 Å². The molecule has 0 unspecified atom stereocenters. The number of esters is 1. The molecule has 3 heterocycles. The van der Waals surface area contributed by atoms with Gasteiger partial charge in [0, 0.05) is 14.1 Å². The van der Waals surface area contributed by atoms with Crippen molar-refractivity contribution in [3.05, 3.63) is 56.4 Å². The van der Waals surface area contributed by atoms with Crippen molar-refractivity contribution in [3.8, 4) is 0 Å². The molecule has 4 aromatic rings. The molecule has 0 fully saturated rings. The highest BCUT2D eigenvalue weighted by atomic mass is 32.1. The first-order valence-corrected chi connectivity index (χ1v) is 8.88. The van der Waals surface area contributed by atoms with Crippen LogP contribution in [0.25, 0.3) is 21.4 Å². The van der Waals surface area contributed by atoms with E-state index in [2.05, 4.69) is 9.97 Å². The number of aromatic nitrogens is 5. The number of nitrogens with zero attached hydrogens (tertiary/aromatic N) is 5. The Kier molecular flexibility index (Phi) is 4.11. The van der Waals surface area contributed by atoms with E-state index < -0.39 is 23.8 Å². The van der Waals surface area contributed by atoms with Gasteiger partial charge in [0.15, 0.2) is 11.2 Å². The van der Waals surface area contributed by atoms with Crippen LogP contribution in [0.15, 0.2) is 40.2 Å². The lowest BCUT2D eigenvalue weighted by Gasteiger charge is -2.08. The van der Waals surface area contributed by atoms with Crippen LogP contribution >= 0.6 is 11.3 Å². The molecule has 0 N–H and O–H groups in total. The van der Waals surface area contributed by atoms with E-state index in [0.717, 1.165) is 14.8 Å². The van der Waals surface area contributed by atoms with E-state index in [4.69, 9.17) is 4.74 Å². The minimum absolute atomic E-state index is 0.0127. The van der Waals surface area contributed by atoms with Crippen LogP contribution in [0.3, 0.4) is 0 Å². The predicted octanol–water partition coefficient (Wildman–Crippen LogP) is 0.787. The summed E-state index contributed by atoms with van der Waals surface area (Å²) >= 11 is 1.42. The zero-order valence-electron chi connectivity index (χ0n) is 14.6. The van der Waals surface area contributed by atoms with E-state index in [-0.39, 0.29) is 17.8 Å². The number of aryl methyl sites for hydroxylation is 2. The molecule has 0 aliphatic carbocycles. The number of rotatable bonds is 4. The molecule has 9 nitrogen and oxygen atoms in total. The zero-order valence-corrected chi connectivity index (χ0v) is 15.4. The van der Waals surface area contributed by atoms with E-state index in [9.17, 15) is 14.4 Å². The molecule has 1 aromatic carbocycles. The molecule has 3 aromatic heterocycles. The van der Waals surface area contributed by atoms with Crippen molar-refractivity contribution < 1.29 is 9.53 Å². The molecule has 0 amide bonds. The number of carbonyl (C=O) groups excluding carboxylic acids is 1. The Morgan fingerprint density at radius 2 is 2.00 bits per heavy atom. The molecule has 27 heavy (non-hydrogen) atoms. The lowest BCUT2D eigenvalue weighted by atomic mass is 10.3. The van der Waals surface area contributed by atoms with Crippen molar-refractivity contribution in [2.24, 2.45) is 14.1 Å². The van der Waals surface area contributed by atoms with Gasteiger partial charge in [-0.1, -0.05) is 12.1 Å². The minimum atomic E-state index is -0.685. The third-order valence-electron chi connectivity index (χ3n) is 4.18. The van der Waals surface area contributed by atoms with Gasteiger partial charge in [-0.05, 0) is 12.1 Å². The highest BCUT2D eigenvalue weighted by Crippen LogP contribution is 2.21. The Balaban J connectivity index is 1.57. The third-order valence-corrected chi connectivity index (χ3v) is 5.19. The summed E-state index contributed by atoms with van der Waals surface area (Å²) in [6.45, 7) is -0.487. The van der Waals surface area contributed by atoms with Crippen molar-refractivity contribution in [2.75, 3.05) is 0 Å². The number of carbonyl (C=O) groups is 1. The fourth-order valence-corrected chi connectivity index (χ4v) is 3.71. The average Bonchev–Trinajstić information content (AvgIpc) is 3.25. The highest BCUT2D eigenvalue weighted by molar-refractivity contribution is 7.18. The van der Waals surface area contributed by atoms with Crippen molar-refractivity contribution >= 4 is 38.7 Å². The average molecular weight is 385 g/mol. The van der Waals surface area contributed by atoms with Gasteiger partial charge in [-0.15, -0.1) is 11.3 Å². The number of benzene rings is 1. The smallest absolute Gasteiger partial charge is 0.333 e. The third kappa shape index (κ3) is 2.93. The van der Waals surface area contributed by atoms with Crippen LogP contribution in [0.1, 0.15) is 5.01 Å². The van der Waals surface area contributed by atoms with E-state index in [0.29, 0.717) is 5.01 Å². The van der Waals surface area contributed by atoms with Crippen LogP contribution < -0.4 is 11.2 Å². The fraction of sp³-hybridized carbons (Fsp3) is 0.235. The largest absolute Gasteiger partial charge is 0.457 e. The summed E-state index contributed by atoms with van der Waals surface area (Å²) in [5.74, 6) is -0.685. The molecule has 10 heteroatoms. The molecule has 138 valence electrons. The second-order valence-electron chi connectivity index (χ2n) is 6.00. The van der Waals surface area contributed by atoms with E-state index in [1.165, 1.54) is 33.8 Å². The van der Waals surface area contributed by atoms with Gasteiger partial charge in [0.05, 0.1) is 16.5 Å². The van der Waals surface area contributed by atoms with Crippen LogP contribution in [-0.2, 0) is 36.8 Å². The summed E-state index contributed by atoms with van der Waals surface area (Å²) in [4.78, 5) is 45.6. The number of fused-ring (bicyclic) bond motifs is 2. The first-order chi connectivity index (χ1) is 13.0. The first kappa shape index (κ1) is 17.2. The maximum atomic E-state index is 12.6. The summed E-state index contributed by atoms with van der Waals surface area (Å²) < 4.78 is 9.81. The maximum Gasteiger partial charge on any atom is 0.333 e. The molecule has 0 atom stereocenters. The van der Waals surface area contributed by atoms with Crippen LogP contribution in [0.4, 0.5) is 0 Å². The molecule has 0 aliphatic rings. The van der Waals surface area contributed by atoms with Gasteiger partial charge in [-0.2, -0.15) is 0 Å². The van der Waals surface area contributed by atoms with Gasteiger partial charge in [-0.25, -0.2) is 19.3 Å². The van der Waals surface area contributed by atoms with Crippen molar-refractivity contribution in [2.45, 2.75) is 13.2 Å². The monoisotopic (exact) mass is 385 g/mol. The van der Waals surface area contributed by atoms with Gasteiger partial charge >= 0.3 is 11.7 Å². The lowest BCUT2D eigenvalue weighted by Crippen LogP contribution is -2.41. The Hall–Kier alpha value is -3.27. The number of ether oxygens (including phenoxy) is 1. The van der Waals surface area contributed by atoms with Crippen molar-refractivity contribution in [3.63, 3.8) is 0 Å². The number of hydrogen-bond donors (Lipinski definition) is 0. The standard InChI is InChI=1S/C17H15N5O4S/c1-20-9-18-15-14(20)16(24)22(17(25)21(15)2)7-13(23)26-8-12-19-10-5-3-4-6-11(10)27-12/h3-6,9H,7-8H2,1-2H3. The summed E-state index contributed by atoms with van der Waals surface area (Å²) in [5.41, 5.74) is 0.149. The van der Waals surface area contributed by atoms with Gasteiger partial charge in [0.2, 0.25) is 0 Å². The number of hydrogen-bond acceptors (Lipinski definition) is 7. The zero-order chi connectivity index (χ0) is 19.1. The maximum absolute atomic E-state index is 12.6. The normalized spacial score (nSPS) is 11.3. The second-order valence-corrected chi connectivity index (χ2v) is 7.11. The Labute approximate surface area is 156 Å². The van der Waals surface area contributed by atoms with Gasteiger partial charge in [0.1, 0.15) is 18.2 Å². The topological polar surface area (TPSA) is 101 Å². The summed E-state index contributed by atoms with van der Waals surface area (Å²) in [5, 5.41) is 0.645. The molecule has 0 bridgehead atoms. The molecule has 0 aliphatic heterocycles. The molecule has 0 saturated heterocycles. The van der Waals surface area contributed by atoms with Gasteiger partial charge in [0.25, 0.3) is 5.56 Å². The first-order valence-electron chi connectivity index (χ1n) is 8.06.